The summed E-state index contributed by atoms with van der Waals surface area (Å²) < 4.78 is 13.1. The van der Waals surface area contributed by atoms with E-state index in [1.165, 1.54) is 12.8 Å². The molecule has 6 nitrogen and oxygen atoms in total. The van der Waals surface area contributed by atoms with Gasteiger partial charge in [0.1, 0.15) is 17.3 Å². The summed E-state index contributed by atoms with van der Waals surface area (Å²) in [6, 6.07) is 7.65. The smallest absolute Gasteiger partial charge is 0.191 e. The molecule has 0 unspecified atom stereocenters. The van der Waals surface area contributed by atoms with Crippen molar-refractivity contribution in [2.75, 3.05) is 32.6 Å². The van der Waals surface area contributed by atoms with Crippen molar-refractivity contribution in [3.63, 3.8) is 0 Å². The number of thioether (sulfide) groups is 1. The lowest BCUT2D eigenvalue weighted by Crippen LogP contribution is -2.29. The molecule has 1 aliphatic rings. The van der Waals surface area contributed by atoms with Gasteiger partial charge in [0.2, 0.25) is 0 Å². The molecule has 3 rings (SSSR count). The third-order valence-corrected chi connectivity index (χ3v) is 5.14. The van der Waals surface area contributed by atoms with Gasteiger partial charge in [-0.3, -0.25) is 0 Å². The van der Waals surface area contributed by atoms with E-state index in [9.17, 15) is 0 Å². The zero-order chi connectivity index (χ0) is 16.8. The molecule has 1 atom stereocenters. The second kappa shape index (κ2) is 8.39. The molecule has 0 bridgehead atoms. The number of piperidine rings is 1. The zero-order valence-electron chi connectivity index (χ0n) is 14.2. The summed E-state index contributed by atoms with van der Waals surface area (Å²) in [5, 5.41) is 13.1. The number of hydrogen-bond acceptors (Lipinski definition) is 6. The van der Waals surface area contributed by atoms with Crippen molar-refractivity contribution in [2.45, 2.75) is 23.9 Å². The standard InChI is InChI=1S/C17H24N4O2S/c1-21-16(13-5-4-8-18-12-13)19-20-17(21)24-10-9-23-15-7-3-6-14(11-15)22-2/h3,6-7,11,13,18H,4-5,8-10,12H2,1-2H3/t13-/m0/s1. The monoisotopic (exact) mass is 348 g/mol. The van der Waals surface area contributed by atoms with Crippen molar-refractivity contribution in [3.05, 3.63) is 30.1 Å². The molecule has 1 N–H and O–H groups in total. The van der Waals surface area contributed by atoms with Gasteiger partial charge in [0.05, 0.1) is 13.7 Å². The highest BCUT2D eigenvalue weighted by molar-refractivity contribution is 7.99. The maximum atomic E-state index is 5.76. The van der Waals surface area contributed by atoms with Crippen LogP contribution in [0.2, 0.25) is 0 Å². The first-order valence-electron chi connectivity index (χ1n) is 8.27. The third kappa shape index (κ3) is 4.21. The maximum absolute atomic E-state index is 5.76. The fourth-order valence-electron chi connectivity index (χ4n) is 2.86. The van der Waals surface area contributed by atoms with E-state index in [-0.39, 0.29) is 0 Å². The molecule has 1 aromatic carbocycles. The SMILES string of the molecule is COc1cccc(OCCSc2nnc([C@H]3CCCNC3)n2C)c1. The van der Waals surface area contributed by atoms with Crippen molar-refractivity contribution < 1.29 is 9.47 Å². The molecule has 7 heteroatoms. The van der Waals surface area contributed by atoms with Gasteiger partial charge >= 0.3 is 0 Å². The Bertz CT molecular complexity index is 656. The molecule has 1 saturated heterocycles. The second-order valence-electron chi connectivity index (χ2n) is 5.82. The summed E-state index contributed by atoms with van der Waals surface area (Å²) in [6.45, 7) is 2.72. The lowest BCUT2D eigenvalue weighted by Gasteiger charge is -2.21. The fraction of sp³-hybridized carbons (Fsp3) is 0.529. The summed E-state index contributed by atoms with van der Waals surface area (Å²) in [7, 11) is 3.71. The van der Waals surface area contributed by atoms with Crippen LogP contribution in [0, 0.1) is 0 Å². The van der Waals surface area contributed by atoms with E-state index >= 15 is 0 Å². The fourth-order valence-corrected chi connectivity index (χ4v) is 3.60. The summed E-state index contributed by atoms with van der Waals surface area (Å²) >= 11 is 1.67. The first kappa shape index (κ1) is 17.1. The van der Waals surface area contributed by atoms with Crippen LogP contribution in [-0.4, -0.2) is 47.3 Å². The molecule has 0 radical (unpaired) electrons. The second-order valence-corrected chi connectivity index (χ2v) is 6.88. The molecule has 24 heavy (non-hydrogen) atoms. The minimum atomic E-state index is 0.471. The minimum Gasteiger partial charge on any atom is -0.497 e. The molecule has 0 amide bonds. The molecule has 0 aliphatic carbocycles. The van der Waals surface area contributed by atoms with Gasteiger partial charge in [-0.25, -0.2) is 0 Å². The number of rotatable bonds is 7. The number of methoxy groups -OCH3 is 1. The predicted octanol–water partition coefficient (Wildman–Crippen LogP) is 2.46. The molecule has 1 aliphatic heterocycles. The highest BCUT2D eigenvalue weighted by Gasteiger charge is 2.21. The van der Waals surface area contributed by atoms with Gasteiger partial charge in [0.15, 0.2) is 5.16 Å². The highest BCUT2D eigenvalue weighted by Crippen LogP contribution is 2.25. The quantitative estimate of drug-likeness (QED) is 0.613. The Labute approximate surface area is 146 Å². The summed E-state index contributed by atoms with van der Waals surface area (Å²) in [4.78, 5) is 0. The van der Waals surface area contributed by atoms with E-state index in [1.54, 1.807) is 18.9 Å². The predicted molar refractivity (Wildman–Crippen MR) is 95.1 cm³/mol. The average molecular weight is 348 g/mol. The first-order chi connectivity index (χ1) is 11.8. The van der Waals surface area contributed by atoms with Crippen LogP contribution in [0.3, 0.4) is 0 Å². The van der Waals surface area contributed by atoms with Gasteiger partial charge in [-0.15, -0.1) is 10.2 Å². The number of hydrogen-bond donors (Lipinski definition) is 1. The Kier molecular flexibility index (Phi) is 5.98. The topological polar surface area (TPSA) is 61.2 Å². The van der Waals surface area contributed by atoms with E-state index in [4.69, 9.17) is 9.47 Å². The normalized spacial score (nSPS) is 17.7. The number of nitrogens with one attached hydrogen (secondary N) is 1. The van der Waals surface area contributed by atoms with Gasteiger partial charge in [0.25, 0.3) is 0 Å². The number of aromatic nitrogens is 3. The van der Waals surface area contributed by atoms with Gasteiger partial charge in [-0.1, -0.05) is 17.8 Å². The molecule has 0 spiro atoms. The molecule has 1 fully saturated rings. The van der Waals surface area contributed by atoms with Crippen LogP contribution < -0.4 is 14.8 Å². The van der Waals surface area contributed by atoms with Crippen LogP contribution in [-0.2, 0) is 7.05 Å². The van der Waals surface area contributed by atoms with Crippen molar-refractivity contribution in [2.24, 2.45) is 7.05 Å². The molecule has 0 saturated carbocycles. The van der Waals surface area contributed by atoms with Gasteiger partial charge in [0, 0.05) is 31.3 Å². The van der Waals surface area contributed by atoms with Crippen molar-refractivity contribution >= 4 is 11.8 Å². The Morgan fingerprint density at radius 3 is 3.00 bits per heavy atom. The van der Waals surface area contributed by atoms with Crippen molar-refractivity contribution in [1.29, 1.82) is 0 Å². The van der Waals surface area contributed by atoms with E-state index < -0.39 is 0 Å². The van der Waals surface area contributed by atoms with Gasteiger partial charge < -0.3 is 19.4 Å². The minimum absolute atomic E-state index is 0.471. The molecular weight excluding hydrogens is 324 g/mol. The number of ether oxygens (including phenoxy) is 2. The Morgan fingerprint density at radius 1 is 1.33 bits per heavy atom. The van der Waals surface area contributed by atoms with Crippen LogP contribution in [0.1, 0.15) is 24.6 Å². The average Bonchev–Trinajstić information content (AvgIpc) is 3.00. The third-order valence-electron chi connectivity index (χ3n) is 4.16. The summed E-state index contributed by atoms with van der Waals surface area (Å²) in [5.41, 5.74) is 0. The Morgan fingerprint density at radius 2 is 2.21 bits per heavy atom. The van der Waals surface area contributed by atoms with Crippen LogP contribution >= 0.6 is 11.8 Å². The Balaban J connectivity index is 1.49. The van der Waals surface area contributed by atoms with Crippen LogP contribution in [0.15, 0.2) is 29.4 Å². The van der Waals surface area contributed by atoms with Crippen molar-refractivity contribution in [3.8, 4) is 11.5 Å². The number of nitrogens with zero attached hydrogens (tertiary/aromatic N) is 3. The van der Waals surface area contributed by atoms with Gasteiger partial charge in [-0.05, 0) is 31.5 Å². The van der Waals surface area contributed by atoms with E-state index in [0.29, 0.717) is 12.5 Å². The molecule has 2 aromatic rings. The lowest BCUT2D eigenvalue weighted by atomic mass is 9.99. The van der Waals surface area contributed by atoms with Crippen LogP contribution in [0.25, 0.3) is 0 Å². The number of benzene rings is 1. The lowest BCUT2D eigenvalue weighted by molar-refractivity contribution is 0.339. The molecular formula is C17H24N4O2S. The molecule has 1 aromatic heterocycles. The summed E-state index contributed by atoms with van der Waals surface area (Å²) in [6.07, 6.45) is 2.39. The van der Waals surface area contributed by atoms with Crippen LogP contribution in [0.4, 0.5) is 0 Å². The van der Waals surface area contributed by atoms with E-state index in [1.807, 2.05) is 24.3 Å². The maximum Gasteiger partial charge on any atom is 0.191 e. The molecule has 2 heterocycles. The Hall–Kier alpha value is -1.73. The first-order valence-corrected chi connectivity index (χ1v) is 9.26. The van der Waals surface area contributed by atoms with E-state index in [0.717, 1.165) is 41.3 Å². The van der Waals surface area contributed by atoms with Gasteiger partial charge in [-0.2, -0.15) is 0 Å². The van der Waals surface area contributed by atoms with Crippen molar-refractivity contribution in [1.82, 2.24) is 20.1 Å². The highest BCUT2D eigenvalue weighted by atomic mass is 32.2. The van der Waals surface area contributed by atoms with Crippen LogP contribution in [0.5, 0.6) is 11.5 Å². The zero-order valence-corrected chi connectivity index (χ0v) is 15.0. The molecule has 130 valence electrons. The largest absolute Gasteiger partial charge is 0.497 e. The summed E-state index contributed by atoms with van der Waals surface area (Å²) in [5.74, 6) is 4.00. The van der Waals surface area contributed by atoms with E-state index in [2.05, 4.69) is 27.1 Å².